The van der Waals surface area contributed by atoms with Crippen molar-refractivity contribution in [2.45, 2.75) is 24.3 Å². The molecule has 2 aromatic carbocycles. The van der Waals surface area contributed by atoms with Crippen LogP contribution in [0, 0.1) is 6.92 Å². The molecule has 0 aliphatic carbocycles. The summed E-state index contributed by atoms with van der Waals surface area (Å²) in [4.78, 5) is 35.4. The van der Waals surface area contributed by atoms with Crippen LogP contribution in [0.15, 0.2) is 53.7 Å². The van der Waals surface area contributed by atoms with Crippen molar-refractivity contribution >= 4 is 27.7 Å². The van der Waals surface area contributed by atoms with Crippen LogP contribution in [0.2, 0.25) is 0 Å². The third kappa shape index (κ3) is 5.64. The molecule has 3 aromatic rings. The monoisotopic (exact) mass is 553 g/mol. The average Bonchev–Trinajstić information content (AvgIpc) is 3.16. The van der Waals surface area contributed by atoms with Crippen LogP contribution in [0.5, 0.6) is 23.0 Å². The van der Waals surface area contributed by atoms with E-state index >= 15 is 0 Å². The topological polar surface area (TPSA) is 140 Å². The molecule has 0 saturated carbocycles. The minimum absolute atomic E-state index is 0.0371. The van der Waals surface area contributed by atoms with E-state index in [1.165, 1.54) is 54.1 Å². The molecule has 5 rings (SSSR count). The normalized spacial score (nSPS) is 18.6. The Morgan fingerprint density at radius 2 is 1.85 bits per heavy atom. The van der Waals surface area contributed by atoms with Gasteiger partial charge in [0.05, 0.1) is 18.1 Å². The van der Waals surface area contributed by atoms with E-state index in [1.54, 1.807) is 24.9 Å². The summed E-state index contributed by atoms with van der Waals surface area (Å²) in [5.74, 6) is 0.574. The molecule has 0 radical (unpaired) electrons. The van der Waals surface area contributed by atoms with Gasteiger partial charge in [0, 0.05) is 51.3 Å². The Morgan fingerprint density at radius 3 is 2.56 bits per heavy atom. The van der Waals surface area contributed by atoms with Gasteiger partial charge in [0.1, 0.15) is 34.5 Å². The molecule has 0 unspecified atom stereocenters. The SMILES string of the molecule is Cc1cnc(NC(=O)c2cc(Oc3ccc4c(c3)OCCN(C)S4(=O)=O)cc(O[C@H]3CCN(C)C3=O)c2)cn1. The highest BCUT2D eigenvalue weighted by Gasteiger charge is 2.31. The molecule has 39 heavy (non-hydrogen) atoms. The van der Waals surface area contributed by atoms with Crippen molar-refractivity contribution in [3.05, 3.63) is 60.0 Å². The largest absolute Gasteiger partial charge is 0.491 e. The van der Waals surface area contributed by atoms with Crippen molar-refractivity contribution < 1.29 is 32.2 Å². The molecule has 0 bridgehead atoms. The fourth-order valence-electron chi connectivity index (χ4n) is 4.13. The molecule has 0 spiro atoms. The van der Waals surface area contributed by atoms with Crippen LogP contribution >= 0.6 is 0 Å². The van der Waals surface area contributed by atoms with Crippen LogP contribution in [-0.4, -0.2) is 79.3 Å². The van der Waals surface area contributed by atoms with Gasteiger partial charge in [0.25, 0.3) is 11.8 Å². The first-order chi connectivity index (χ1) is 18.6. The predicted octanol–water partition coefficient (Wildman–Crippen LogP) is 2.45. The molecular formula is C26H27N5O7S. The Bertz CT molecular complexity index is 1530. The van der Waals surface area contributed by atoms with Crippen LogP contribution in [0.3, 0.4) is 0 Å². The number of nitrogens with one attached hydrogen (secondary N) is 1. The molecule has 1 atom stereocenters. The van der Waals surface area contributed by atoms with Gasteiger partial charge in [-0.05, 0) is 31.2 Å². The summed E-state index contributed by atoms with van der Waals surface area (Å²) in [6, 6.07) is 8.98. The number of amides is 2. The van der Waals surface area contributed by atoms with Gasteiger partial charge in [0.2, 0.25) is 10.0 Å². The fraction of sp³-hybridized carbons (Fsp3) is 0.308. The van der Waals surface area contributed by atoms with Crippen molar-refractivity contribution in [3.8, 4) is 23.0 Å². The van der Waals surface area contributed by atoms with Crippen molar-refractivity contribution in [1.29, 1.82) is 0 Å². The van der Waals surface area contributed by atoms with Gasteiger partial charge in [-0.2, -0.15) is 4.31 Å². The van der Waals surface area contributed by atoms with Gasteiger partial charge < -0.3 is 24.4 Å². The van der Waals surface area contributed by atoms with Gasteiger partial charge in [-0.25, -0.2) is 13.4 Å². The van der Waals surface area contributed by atoms with Gasteiger partial charge >= 0.3 is 0 Å². The number of rotatable bonds is 6. The zero-order valence-electron chi connectivity index (χ0n) is 21.6. The van der Waals surface area contributed by atoms with E-state index in [0.717, 1.165) is 0 Å². The predicted molar refractivity (Wildman–Crippen MR) is 140 cm³/mol. The molecule has 12 nitrogen and oxygen atoms in total. The summed E-state index contributed by atoms with van der Waals surface area (Å²) in [6.07, 6.45) is 2.79. The van der Waals surface area contributed by atoms with Crippen molar-refractivity contribution in [2.75, 3.05) is 39.1 Å². The van der Waals surface area contributed by atoms with Crippen molar-refractivity contribution in [1.82, 2.24) is 19.2 Å². The van der Waals surface area contributed by atoms with E-state index in [1.807, 2.05) is 0 Å². The number of aromatic nitrogens is 2. The first-order valence-electron chi connectivity index (χ1n) is 12.2. The second-order valence-electron chi connectivity index (χ2n) is 9.23. The molecule has 1 N–H and O–H groups in total. The highest BCUT2D eigenvalue weighted by molar-refractivity contribution is 7.89. The number of hydrogen-bond donors (Lipinski definition) is 1. The minimum atomic E-state index is -3.69. The van der Waals surface area contributed by atoms with Gasteiger partial charge in [-0.1, -0.05) is 0 Å². The zero-order valence-corrected chi connectivity index (χ0v) is 22.4. The lowest BCUT2D eigenvalue weighted by atomic mass is 10.1. The summed E-state index contributed by atoms with van der Waals surface area (Å²) in [5, 5.41) is 2.68. The molecule has 1 saturated heterocycles. The molecule has 2 aliphatic rings. The fourth-order valence-corrected chi connectivity index (χ4v) is 5.39. The number of likely N-dealkylation sites (N-methyl/N-ethyl adjacent to an activating group) is 2. The lowest BCUT2D eigenvalue weighted by Gasteiger charge is -2.16. The number of benzene rings is 2. The highest BCUT2D eigenvalue weighted by atomic mass is 32.2. The average molecular weight is 554 g/mol. The van der Waals surface area contributed by atoms with Crippen molar-refractivity contribution in [2.24, 2.45) is 0 Å². The number of fused-ring (bicyclic) bond motifs is 1. The standard InChI is InChI=1S/C26H27N5O7S/c1-16-14-28-24(15-27-16)29-25(32)17-10-19(12-20(11-17)38-21-6-7-30(2)26(21)33)37-18-4-5-23-22(13-18)36-9-8-31(3)39(23,34)35/h4-5,10-15,21H,6-9H2,1-3H3,(H,28,29,32)/t21-/m0/s1. The van der Waals surface area contributed by atoms with E-state index in [2.05, 4.69) is 15.3 Å². The van der Waals surface area contributed by atoms with Crippen LogP contribution in [0.1, 0.15) is 22.5 Å². The number of carbonyl (C=O) groups is 2. The second-order valence-corrected chi connectivity index (χ2v) is 11.2. The maximum absolute atomic E-state index is 13.1. The second kappa shape index (κ2) is 10.5. The summed E-state index contributed by atoms with van der Waals surface area (Å²) < 4.78 is 44.3. The van der Waals surface area contributed by atoms with Crippen LogP contribution in [-0.2, 0) is 14.8 Å². The molecule has 2 amide bonds. The van der Waals surface area contributed by atoms with Crippen LogP contribution < -0.4 is 19.5 Å². The van der Waals surface area contributed by atoms with Crippen LogP contribution in [0.4, 0.5) is 5.82 Å². The van der Waals surface area contributed by atoms with E-state index in [4.69, 9.17) is 14.2 Å². The maximum Gasteiger partial charge on any atom is 0.263 e. The van der Waals surface area contributed by atoms with Gasteiger partial charge in [-0.15, -0.1) is 0 Å². The van der Waals surface area contributed by atoms with Gasteiger partial charge in [-0.3, -0.25) is 14.6 Å². The third-order valence-corrected chi connectivity index (χ3v) is 8.22. The summed E-state index contributed by atoms with van der Waals surface area (Å²) >= 11 is 0. The molecule has 1 aromatic heterocycles. The van der Waals surface area contributed by atoms with E-state index in [0.29, 0.717) is 18.7 Å². The number of anilines is 1. The molecule has 13 heteroatoms. The number of likely N-dealkylation sites (tertiary alicyclic amines) is 1. The molecule has 2 aliphatic heterocycles. The molecular weight excluding hydrogens is 526 g/mol. The minimum Gasteiger partial charge on any atom is -0.491 e. The molecule has 204 valence electrons. The molecule has 1 fully saturated rings. The zero-order chi connectivity index (χ0) is 27.7. The number of hydrogen-bond acceptors (Lipinski definition) is 9. The first kappa shape index (κ1) is 26.4. The lowest BCUT2D eigenvalue weighted by molar-refractivity contribution is -0.132. The number of aryl methyl sites for hydroxylation is 1. The smallest absolute Gasteiger partial charge is 0.263 e. The van der Waals surface area contributed by atoms with Crippen LogP contribution in [0.25, 0.3) is 0 Å². The van der Waals surface area contributed by atoms with E-state index in [9.17, 15) is 18.0 Å². The van der Waals surface area contributed by atoms with E-state index < -0.39 is 22.0 Å². The quantitative estimate of drug-likeness (QED) is 0.487. The lowest BCUT2D eigenvalue weighted by Crippen LogP contribution is -2.29. The summed E-state index contributed by atoms with van der Waals surface area (Å²) in [5.41, 5.74) is 0.897. The Labute approximate surface area is 225 Å². The summed E-state index contributed by atoms with van der Waals surface area (Å²) in [7, 11) is -0.503. The van der Waals surface area contributed by atoms with E-state index in [-0.39, 0.29) is 58.3 Å². The number of nitrogens with zero attached hydrogens (tertiary/aromatic N) is 4. The Balaban J connectivity index is 1.45. The first-order valence-corrected chi connectivity index (χ1v) is 13.6. The maximum atomic E-state index is 13.1. The highest BCUT2D eigenvalue weighted by Crippen LogP contribution is 2.35. The number of ether oxygens (including phenoxy) is 3. The summed E-state index contributed by atoms with van der Waals surface area (Å²) in [6.45, 7) is 2.75. The Morgan fingerprint density at radius 1 is 1.05 bits per heavy atom. The Hall–Kier alpha value is -4.23. The number of sulfonamides is 1. The van der Waals surface area contributed by atoms with Crippen molar-refractivity contribution in [3.63, 3.8) is 0 Å². The van der Waals surface area contributed by atoms with Gasteiger partial charge in [0.15, 0.2) is 11.9 Å². The third-order valence-electron chi connectivity index (χ3n) is 6.32. The number of carbonyl (C=O) groups excluding carboxylic acids is 2. The Kier molecular flexibility index (Phi) is 7.10. The molecule has 3 heterocycles.